The zero-order valence-corrected chi connectivity index (χ0v) is 17.8. The molecular weight excluding hydrogens is 352 g/mol. The van der Waals surface area contributed by atoms with E-state index in [1.165, 1.54) is 51.4 Å². The van der Waals surface area contributed by atoms with Crippen LogP contribution in [0.3, 0.4) is 0 Å². The number of carbonyl (C=O) groups is 2. The molecule has 0 aliphatic rings. The minimum absolute atomic E-state index is 0.395. The first-order chi connectivity index (χ1) is 13.5. The minimum atomic E-state index is -0.579. The summed E-state index contributed by atoms with van der Waals surface area (Å²) in [5.74, 6) is -0.577. The van der Waals surface area contributed by atoms with Crippen LogP contribution in [0.1, 0.15) is 82.3 Å². The zero-order chi connectivity index (χ0) is 20.6. The topological polar surface area (TPSA) is 52.6 Å². The normalized spacial score (nSPS) is 11.0. The Bertz CT molecular complexity index is 619. The van der Waals surface area contributed by atoms with Crippen LogP contribution < -0.4 is 4.74 Å². The van der Waals surface area contributed by atoms with E-state index in [-0.39, 0.29) is 0 Å². The Kier molecular flexibility index (Phi) is 12.7. The van der Waals surface area contributed by atoms with Gasteiger partial charge in [-0.05, 0) is 37.5 Å². The summed E-state index contributed by atoms with van der Waals surface area (Å²) in [7, 11) is 0. The molecule has 4 heteroatoms. The molecule has 0 aromatic heterocycles. The van der Waals surface area contributed by atoms with Crippen molar-refractivity contribution in [2.24, 2.45) is 0 Å². The van der Waals surface area contributed by atoms with Crippen LogP contribution in [0.5, 0.6) is 5.75 Å². The number of carbonyl (C=O) groups excluding carboxylic acids is 2. The largest absolute Gasteiger partial charge is 0.463 e. The summed E-state index contributed by atoms with van der Waals surface area (Å²) < 4.78 is 10.4. The summed E-state index contributed by atoms with van der Waals surface area (Å²) in [5, 5.41) is 0. The second-order valence-corrected chi connectivity index (χ2v) is 7.37. The number of unbranched alkanes of at least 4 members (excludes halogenated alkanes) is 9. The molecule has 1 aromatic rings. The fourth-order valence-corrected chi connectivity index (χ4v) is 2.91. The molecule has 156 valence electrons. The quantitative estimate of drug-likeness (QED) is 0.164. The van der Waals surface area contributed by atoms with Crippen molar-refractivity contribution in [1.29, 1.82) is 0 Å². The van der Waals surface area contributed by atoms with Crippen molar-refractivity contribution >= 4 is 11.9 Å². The van der Waals surface area contributed by atoms with Gasteiger partial charge in [0, 0.05) is 12.2 Å². The Morgan fingerprint density at radius 2 is 1.39 bits per heavy atom. The molecule has 0 amide bonds. The van der Waals surface area contributed by atoms with Gasteiger partial charge < -0.3 is 9.47 Å². The average molecular weight is 389 g/mol. The second-order valence-electron chi connectivity index (χ2n) is 7.37. The van der Waals surface area contributed by atoms with Gasteiger partial charge in [-0.25, -0.2) is 9.59 Å². The summed E-state index contributed by atoms with van der Waals surface area (Å²) in [6.45, 7) is 6.43. The molecule has 4 nitrogen and oxygen atoms in total. The van der Waals surface area contributed by atoms with Crippen LogP contribution in [-0.2, 0) is 14.3 Å². The maximum Gasteiger partial charge on any atom is 0.336 e. The molecule has 0 saturated carbocycles. The lowest BCUT2D eigenvalue weighted by molar-refractivity contribution is -0.138. The van der Waals surface area contributed by atoms with Crippen molar-refractivity contribution in [2.45, 2.75) is 85.0 Å². The van der Waals surface area contributed by atoms with Gasteiger partial charge in [0.25, 0.3) is 0 Å². The second kappa shape index (κ2) is 14.9. The highest BCUT2D eigenvalue weighted by Gasteiger charge is 2.06. The first-order valence-electron chi connectivity index (χ1n) is 10.7. The molecule has 0 spiro atoms. The smallest absolute Gasteiger partial charge is 0.336 e. The van der Waals surface area contributed by atoms with E-state index in [0.717, 1.165) is 36.1 Å². The Labute approximate surface area is 170 Å². The molecular formula is C24H36O4. The van der Waals surface area contributed by atoms with Gasteiger partial charge in [0.1, 0.15) is 5.75 Å². The molecule has 0 aliphatic carbocycles. The number of ether oxygens (including phenoxy) is 2. The van der Waals surface area contributed by atoms with Crippen LogP contribution in [0.2, 0.25) is 0 Å². The molecule has 1 aromatic carbocycles. The van der Waals surface area contributed by atoms with Gasteiger partial charge in [-0.2, -0.15) is 0 Å². The third-order valence-corrected chi connectivity index (χ3v) is 4.65. The fourth-order valence-electron chi connectivity index (χ4n) is 2.91. The first-order valence-corrected chi connectivity index (χ1v) is 10.7. The number of aryl methyl sites for hydroxylation is 2. The molecule has 1 rings (SSSR count). The third-order valence-electron chi connectivity index (χ3n) is 4.65. The molecule has 0 fully saturated rings. The first kappa shape index (κ1) is 23.9. The lowest BCUT2D eigenvalue weighted by Crippen LogP contribution is -2.08. The van der Waals surface area contributed by atoms with Crippen LogP contribution in [0.4, 0.5) is 0 Å². The standard InChI is InChI=1S/C24H36O4/c1-4-5-6-7-8-9-10-11-12-13-18-27-23(25)16-17-24(26)28-22-19-20(2)14-15-21(22)3/h14-17,19H,4-13,18H2,1-3H3/b17-16+. The summed E-state index contributed by atoms with van der Waals surface area (Å²) in [6, 6.07) is 5.64. The van der Waals surface area contributed by atoms with E-state index in [1.807, 2.05) is 26.0 Å². The third kappa shape index (κ3) is 11.6. The highest BCUT2D eigenvalue weighted by molar-refractivity contribution is 5.92. The van der Waals surface area contributed by atoms with Gasteiger partial charge >= 0.3 is 11.9 Å². The molecule has 0 unspecified atom stereocenters. The van der Waals surface area contributed by atoms with Crippen molar-refractivity contribution in [2.75, 3.05) is 6.61 Å². The highest BCUT2D eigenvalue weighted by Crippen LogP contribution is 2.19. The van der Waals surface area contributed by atoms with E-state index >= 15 is 0 Å². The van der Waals surface area contributed by atoms with Crippen molar-refractivity contribution in [1.82, 2.24) is 0 Å². The molecule has 0 atom stereocenters. The molecule has 0 N–H and O–H groups in total. The van der Waals surface area contributed by atoms with E-state index < -0.39 is 11.9 Å². The summed E-state index contributed by atoms with van der Waals surface area (Å²) in [6.07, 6.45) is 14.6. The van der Waals surface area contributed by atoms with E-state index in [4.69, 9.17) is 9.47 Å². The van der Waals surface area contributed by atoms with Gasteiger partial charge in [0.05, 0.1) is 6.61 Å². The van der Waals surface area contributed by atoms with E-state index in [0.29, 0.717) is 12.4 Å². The van der Waals surface area contributed by atoms with E-state index in [1.54, 1.807) is 6.07 Å². The van der Waals surface area contributed by atoms with Crippen LogP contribution in [0.15, 0.2) is 30.4 Å². The van der Waals surface area contributed by atoms with E-state index in [2.05, 4.69) is 6.92 Å². The van der Waals surface area contributed by atoms with Crippen molar-refractivity contribution < 1.29 is 19.1 Å². The molecule has 0 aliphatic heterocycles. The highest BCUT2D eigenvalue weighted by atomic mass is 16.5. The molecule has 0 saturated heterocycles. The molecule has 0 radical (unpaired) electrons. The van der Waals surface area contributed by atoms with Gasteiger partial charge in [-0.3, -0.25) is 0 Å². The SMILES string of the molecule is CCCCCCCCCCCCOC(=O)/C=C/C(=O)Oc1cc(C)ccc1C. The van der Waals surface area contributed by atoms with Crippen LogP contribution in [0, 0.1) is 13.8 Å². The molecule has 0 heterocycles. The van der Waals surface area contributed by atoms with Gasteiger partial charge in [-0.1, -0.05) is 76.8 Å². The predicted octanol–water partition coefficient (Wildman–Crippen LogP) is 6.23. The Balaban J connectivity index is 2.08. The van der Waals surface area contributed by atoms with Gasteiger partial charge in [0.2, 0.25) is 0 Å². The Morgan fingerprint density at radius 3 is 2.04 bits per heavy atom. The number of hydrogen-bond acceptors (Lipinski definition) is 4. The monoisotopic (exact) mass is 388 g/mol. The predicted molar refractivity (Wildman–Crippen MR) is 113 cm³/mol. The lowest BCUT2D eigenvalue weighted by atomic mass is 10.1. The minimum Gasteiger partial charge on any atom is -0.463 e. The van der Waals surface area contributed by atoms with Crippen LogP contribution in [-0.4, -0.2) is 18.5 Å². The fraction of sp³-hybridized carbons (Fsp3) is 0.583. The van der Waals surface area contributed by atoms with Gasteiger partial charge in [0.15, 0.2) is 0 Å². The van der Waals surface area contributed by atoms with Crippen LogP contribution >= 0.6 is 0 Å². The van der Waals surface area contributed by atoms with Gasteiger partial charge in [-0.15, -0.1) is 0 Å². The Hall–Kier alpha value is -2.10. The van der Waals surface area contributed by atoms with Crippen molar-refractivity contribution in [3.05, 3.63) is 41.5 Å². The summed E-state index contributed by atoms with van der Waals surface area (Å²) >= 11 is 0. The maximum absolute atomic E-state index is 11.8. The van der Waals surface area contributed by atoms with Crippen molar-refractivity contribution in [3.8, 4) is 5.75 Å². The summed E-state index contributed by atoms with van der Waals surface area (Å²) in [4.78, 5) is 23.5. The number of hydrogen-bond donors (Lipinski definition) is 0. The zero-order valence-electron chi connectivity index (χ0n) is 17.8. The Morgan fingerprint density at radius 1 is 0.821 bits per heavy atom. The van der Waals surface area contributed by atoms with Crippen LogP contribution in [0.25, 0.3) is 0 Å². The average Bonchev–Trinajstić information content (AvgIpc) is 2.67. The number of rotatable bonds is 14. The maximum atomic E-state index is 11.8. The molecule has 0 bridgehead atoms. The van der Waals surface area contributed by atoms with Crippen molar-refractivity contribution in [3.63, 3.8) is 0 Å². The number of benzene rings is 1. The number of esters is 2. The lowest BCUT2D eigenvalue weighted by Gasteiger charge is -2.06. The van der Waals surface area contributed by atoms with E-state index in [9.17, 15) is 9.59 Å². The molecule has 28 heavy (non-hydrogen) atoms. The summed E-state index contributed by atoms with van der Waals surface area (Å²) in [5.41, 5.74) is 1.88.